The Labute approximate surface area is 193 Å². The van der Waals surface area contributed by atoms with E-state index in [-0.39, 0.29) is 30.0 Å². The molecule has 1 aliphatic rings. The molecule has 3 rings (SSSR count). The molecule has 0 spiro atoms. The summed E-state index contributed by atoms with van der Waals surface area (Å²) in [6.07, 6.45) is 4.61. The lowest BCUT2D eigenvalue weighted by Crippen LogP contribution is -2.38. The summed E-state index contributed by atoms with van der Waals surface area (Å²) in [5.74, 6) is 2.72. The molecule has 28 heavy (non-hydrogen) atoms. The Balaban J connectivity index is 0.00000280. The lowest BCUT2D eigenvalue weighted by atomic mass is 10.1. The summed E-state index contributed by atoms with van der Waals surface area (Å²) in [5.41, 5.74) is 0.975. The van der Waals surface area contributed by atoms with Gasteiger partial charge in [-0.05, 0) is 44.4 Å². The number of guanidine groups is 1. The van der Waals surface area contributed by atoms with Gasteiger partial charge in [-0.3, -0.25) is 0 Å². The minimum absolute atomic E-state index is 0. The largest absolute Gasteiger partial charge is 0.357 e. The van der Waals surface area contributed by atoms with E-state index >= 15 is 0 Å². The van der Waals surface area contributed by atoms with E-state index in [1.807, 2.05) is 26.0 Å². The van der Waals surface area contributed by atoms with Gasteiger partial charge in [-0.15, -0.1) is 34.2 Å². The number of aromatic nitrogens is 3. The van der Waals surface area contributed by atoms with Crippen molar-refractivity contribution >= 4 is 53.1 Å². The summed E-state index contributed by atoms with van der Waals surface area (Å²) >= 11 is 12.3. The van der Waals surface area contributed by atoms with E-state index in [0.717, 1.165) is 42.7 Å². The van der Waals surface area contributed by atoms with Crippen molar-refractivity contribution in [1.29, 1.82) is 0 Å². The van der Waals surface area contributed by atoms with Crippen molar-refractivity contribution in [3.05, 3.63) is 45.5 Å². The number of nitrogens with one attached hydrogen (secondary N) is 2. The molecule has 1 aromatic heterocycles. The fraction of sp³-hybridized carbons (Fsp3) is 0.526. The van der Waals surface area contributed by atoms with Gasteiger partial charge in [0.1, 0.15) is 12.4 Å². The average molecular weight is 537 g/mol. The van der Waals surface area contributed by atoms with Crippen LogP contribution in [-0.4, -0.2) is 27.3 Å². The Morgan fingerprint density at radius 3 is 2.82 bits per heavy atom. The minimum atomic E-state index is -0.0110. The van der Waals surface area contributed by atoms with Crippen LogP contribution in [0.1, 0.15) is 56.4 Å². The molecule has 0 bridgehead atoms. The van der Waals surface area contributed by atoms with E-state index in [1.54, 1.807) is 6.07 Å². The van der Waals surface area contributed by atoms with Crippen molar-refractivity contribution < 1.29 is 0 Å². The topological polar surface area (TPSA) is 67.1 Å². The zero-order valence-electron chi connectivity index (χ0n) is 16.2. The van der Waals surface area contributed by atoms with Gasteiger partial charge in [0, 0.05) is 29.6 Å². The molecule has 154 valence electrons. The number of benzene rings is 1. The molecule has 0 radical (unpaired) electrons. The first-order valence-corrected chi connectivity index (χ1v) is 10.2. The summed E-state index contributed by atoms with van der Waals surface area (Å²) in [4.78, 5) is 4.71. The molecule has 1 atom stereocenters. The van der Waals surface area contributed by atoms with Gasteiger partial charge in [-0.1, -0.05) is 35.7 Å². The van der Waals surface area contributed by atoms with Crippen LogP contribution >= 0.6 is 47.2 Å². The van der Waals surface area contributed by atoms with Crippen LogP contribution in [0.3, 0.4) is 0 Å². The van der Waals surface area contributed by atoms with Crippen LogP contribution in [0.5, 0.6) is 0 Å². The molecule has 9 heteroatoms. The molecule has 1 unspecified atom stereocenters. The van der Waals surface area contributed by atoms with Gasteiger partial charge >= 0.3 is 0 Å². The van der Waals surface area contributed by atoms with Crippen LogP contribution < -0.4 is 10.6 Å². The van der Waals surface area contributed by atoms with Crippen molar-refractivity contribution in [1.82, 2.24) is 25.4 Å². The molecule has 1 aliphatic heterocycles. The SMILES string of the molecule is CCNC(=NCc1nnc2n1CCCCC2)NC(C)c1ccc(Cl)cc1Cl.I. The van der Waals surface area contributed by atoms with Gasteiger partial charge in [0.2, 0.25) is 0 Å². The number of nitrogens with zero attached hydrogens (tertiary/aromatic N) is 4. The Hall–Kier alpha value is -1.06. The smallest absolute Gasteiger partial charge is 0.192 e. The second-order valence-corrected chi connectivity index (χ2v) is 7.57. The zero-order chi connectivity index (χ0) is 19.2. The Bertz CT molecular complexity index is 808. The molecule has 2 heterocycles. The normalized spacial score (nSPS) is 15.2. The van der Waals surface area contributed by atoms with E-state index in [9.17, 15) is 0 Å². The third-order valence-electron chi connectivity index (χ3n) is 4.69. The Morgan fingerprint density at radius 1 is 1.25 bits per heavy atom. The fourth-order valence-electron chi connectivity index (χ4n) is 3.27. The van der Waals surface area contributed by atoms with Crippen molar-refractivity contribution in [3.8, 4) is 0 Å². The third-order valence-corrected chi connectivity index (χ3v) is 5.25. The maximum atomic E-state index is 6.33. The number of hydrogen-bond acceptors (Lipinski definition) is 3. The van der Waals surface area contributed by atoms with Crippen molar-refractivity contribution in [2.45, 2.75) is 58.7 Å². The second-order valence-electron chi connectivity index (χ2n) is 6.72. The Kier molecular flexibility index (Phi) is 9.30. The predicted octanol–water partition coefficient (Wildman–Crippen LogP) is 4.75. The third kappa shape index (κ3) is 5.97. The van der Waals surface area contributed by atoms with Gasteiger partial charge in [0.05, 0.1) is 6.04 Å². The highest BCUT2D eigenvalue weighted by atomic mass is 127. The standard InChI is InChI=1S/C19H26Cl2N6.HI/c1-3-22-19(24-13(2)15-9-8-14(20)11-16(15)21)23-12-18-26-25-17-7-5-4-6-10-27(17)18;/h8-9,11,13H,3-7,10,12H2,1-2H3,(H2,22,23,24);1H. The van der Waals surface area contributed by atoms with E-state index in [1.165, 1.54) is 19.3 Å². The maximum Gasteiger partial charge on any atom is 0.192 e. The number of aryl methyl sites for hydroxylation is 1. The van der Waals surface area contributed by atoms with Crippen LogP contribution in [-0.2, 0) is 19.5 Å². The van der Waals surface area contributed by atoms with Gasteiger partial charge < -0.3 is 15.2 Å². The molecule has 0 saturated carbocycles. The van der Waals surface area contributed by atoms with Gasteiger partial charge in [-0.2, -0.15) is 0 Å². The van der Waals surface area contributed by atoms with Gasteiger partial charge in [0.15, 0.2) is 11.8 Å². The summed E-state index contributed by atoms with van der Waals surface area (Å²) in [7, 11) is 0. The van der Waals surface area contributed by atoms with E-state index in [2.05, 4.69) is 25.4 Å². The molecule has 0 saturated heterocycles. The number of hydrogen-bond donors (Lipinski definition) is 2. The zero-order valence-corrected chi connectivity index (χ0v) is 20.1. The lowest BCUT2D eigenvalue weighted by molar-refractivity contribution is 0.604. The number of halogens is 3. The molecule has 2 aromatic rings. The summed E-state index contributed by atoms with van der Waals surface area (Å²) in [6, 6.07) is 5.52. The van der Waals surface area contributed by atoms with Crippen LogP contribution in [0.25, 0.3) is 0 Å². The summed E-state index contributed by atoms with van der Waals surface area (Å²) in [5, 5.41) is 16.6. The second kappa shape index (κ2) is 11.2. The molecule has 0 aliphatic carbocycles. The van der Waals surface area contributed by atoms with Crippen LogP contribution in [0, 0.1) is 0 Å². The van der Waals surface area contributed by atoms with Gasteiger partial charge in [0.25, 0.3) is 0 Å². The highest BCUT2D eigenvalue weighted by molar-refractivity contribution is 14.0. The number of aliphatic imine (C=N–C) groups is 1. The maximum absolute atomic E-state index is 6.33. The van der Waals surface area contributed by atoms with Gasteiger partial charge in [-0.25, -0.2) is 4.99 Å². The molecule has 6 nitrogen and oxygen atoms in total. The highest BCUT2D eigenvalue weighted by Gasteiger charge is 2.15. The lowest BCUT2D eigenvalue weighted by Gasteiger charge is -2.19. The first-order chi connectivity index (χ1) is 13.1. The molecule has 0 fully saturated rings. The Morgan fingerprint density at radius 2 is 2.07 bits per heavy atom. The number of rotatable bonds is 5. The van der Waals surface area contributed by atoms with Crippen LogP contribution in [0.2, 0.25) is 10.0 Å². The van der Waals surface area contributed by atoms with Crippen LogP contribution in [0.15, 0.2) is 23.2 Å². The monoisotopic (exact) mass is 536 g/mol. The quantitative estimate of drug-likeness (QED) is 0.329. The average Bonchev–Trinajstić information content (AvgIpc) is 2.86. The van der Waals surface area contributed by atoms with E-state index in [0.29, 0.717) is 16.6 Å². The fourth-order valence-corrected chi connectivity index (χ4v) is 3.84. The van der Waals surface area contributed by atoms with Crippen molar-refractivity contribution in [2.24, 2.45) is 4.99 Å². The predicted molar refractivity (Wildman–Crippen MR) is 126 cm³/mol. The molecule has 2 N–H and O–H groups in total. The number of fused-ring (bicyclic) bond motifs is 1. The first kappa shape index (κ1) is 23.2. The first-order valence-electron chi connectivity index (χ1n) is 9.49. The van der Waals surface area contributed by atoms with E-state index in [4.69, 9.17) is 28.2 Å². The minimum Gasteiger partial charge on any atom is -0.357 e. The van der Waals surface area contributed by atoms with Crippen LogP contribution in [0.4, 0.5) is 0 Å². The highest BCUT2D eigenvalue weighted by Crippen LogP contribution is 2.26. The molecule has 0 amide bonds. The summed E-state index contributed by atoms with van der Waals surface area (Å²) < 4.78 is 2.22. The molecular formula is C19H27Cl2IN6. The van der Waals surface area contributed by atoms with E-state index < -0.39 is 0 Å². The molecule has 1 aromatic carbocycles. The van der Waals surface area contributed by atoms with Crippen molar-refractivity contribution in [3.63, 3.8) is 0 Å². The summed E-state index contributed by atoms with van der Waals surface area (Å²) in [6.45, 7) is 6.33. The van der Waals surface area contributed by atoms with Crippen molar-refractivity contribution in [2.75, 3.05) is 6.54 Å². The molecular weight excluding hydrogens is 510 g/mol.